The maximum Gasteiger partial charge on any atom is 0.263 e. The molecule has 0 atom stereocenters. The van der Waals surface area contributed by atoms with Gasteiger partial charge in [0.25, 0.3) is 10.0 Å². The fourth-order valence-electron chi connectivity index (χ4n) is 1.85. The molecule has 0 spiro atoms. The minimum Gasteiger partial charge on any atom is -0.454 e. The molecule has 1 N–H and O–H groups in total. The zero-order valence-electron chi connectivity index (χ0n) is 12.4. The molecular formula is C15H9FN4O3S2. The van der Waals surface area contributed by atoms with Crippen LogP contribution in [-0.2, 0) is 10.0 Å². The number of hydrogen-bond acceptors (Lipinski definition) is 7. The zero-order chi connectivity index (χ0) is 17.9. The molecule has 2 heterocycles. The average molecular weight is 376 g/mol. The summed E-state index contributed by atoms with van der Waals surface area (Å²) in [5.74, 6) is -0.318. The third-order valence-corrected chi connectivity index (χ3v) is 5.12. The van der Waals surface area contributed by atoms with Gasteiger partial charge in [0.1, 0.15) is 17.6 Å². The fraction of sp³-hybridized carbons (Fsp3) is 0. The minimum atomic E-state index is -3.88. The van der Waals surface area contributed by atoms with Crippen molar-refractivity contribution in [3.8, 4) is 17.6 Å². The Morgan fingerprint density at radius 1 is 1.24 bits per heavy atom. The van der Waals surface area contributed by atoms with Crippen LogP contribution in [0.5, 0.6) is 11.5 Å². The van der Waals surface area contributed by atoms with E-state index in [4.69, 9.17) is 4.74 Å². The van der Waals surface area contributed by atoms with E-state index < -0.39 is 16.0 Å². The van der Waals surface area contributed by atoms with Gasteiger partial charge in [-0.15, -0.1) is 11.3 Å². The molecule has 3 aromatic rings. The molecule has 0 aliphatic heterocycles. The number of benzene rings is 1. The molecule has 3 rings (SSSR count). The van der Waals surface area contributed by atoms with Crippen molar-refractivity contribution in [2.45, 2.75) is 4.90 Å². The molecule has 0 amide bonds. The first-order valence-electron chi connectivity index (χ1n) is 6.74. The van der Waals surface area contributed by atoms with Crippen molar-refractivity contribution in [2.24, 2.45) is 0 Å². The van der Waals surface area contributed by atoms with Gasteiger partial charge in [0.05, 0.1) is 16.7 Å². The van der Waals surface area contributed by atoms with E-state index in [9.17, 15) is 18.1 Å². The summed E-state index contributed by atoms with van der Waals surface area (Å²) in [6.07, 6.45) is 2.63. The fourth-order valence-corrected chi connectivity index (χ4v) is 3.66. The van der Waals surface area contributed by atoms with E-state index in [1.54, 1.807) is 5.38 Å². The number of anilines is 1. The first-order valence-corrected chi connectivity index (χ1v) is 9.10. The lowest BCUT2D eigenvalue weighted by Gasteiger charge is -2.09. The van der Waals surface area contributed by atoms with Crippen LogP contribution in [0, 0.1) is 17.3 Å². The standard InChI is InChI=1S/C15H9FN4O3S2/c16-14-4-1-11(9-19-14)23-13-3-2-12(7-10(13)8-17)25(21,22)20-15-18-5-6-24-15/h1-7,9H,(H,18,20). The van der Waals surface area contributed by atoms with Crippen LogP contribution < -0.4 is 9.46 Å². The number of aromatic nitrogens is 2. The third kappa shape index (κ3) is 3.90. The lowest BCUT2D eigenvalue weighted by atomic mass is 10.2. The minimum absolute atomic E-state index is 0.00587. The summed E-state index contributed by atoms with van der Waals surface area (Å²) in [5, 5.41) is 11.1. The lowest BCUT2D eigenvalue weighted by molar-refractivity contribution is 0.472. The Morgan fingerprint density at radius 2 is 2.08 bits per heavy atom. The topological polar surface area (TPSA) is 105 Å². The van der Waals surface area contributed by atoms with Crippen LogP contribution in [0.15, 0.2) is 53.0 Å². The second kappa shape index (κ2) is 6.84. The van der Waals surface area contributed by atoms with Gasteiger partial charge in [-0.05, 0) is 30.3 Å². The molecule has 25 heavy (non-hydrogen) atoms. The lowest BCUT2D eigenvalue weighted by Crippen LogP contribution is -2.13. The third-order valence-electron chi connectivity index (χ3n) is 2.96. The van der Waals surface area contributed by atoms with Gasteiger partial charge in [0, 0.05) is 11.6 Å². The summed E-state index contributed by atoms with van der Waals surface area (Å²) in [5.41, 5.74) is 0.00587. The van der Waals surface area contributed by atoms with Crippen molar-refractivity contribution >= 4 is 26.5 Å². The normalized spacial score (nSPS) is 10.9. The summed E-state index contributed by atoms with van der Waals surface area (Å²) in [7, 11) is -3.88. The monoisotopic (exact) mass is 376 g/mol. The van der Waals surface area contributed by atoms with Gasteiger partial charge in [-0.3, -0.25) is 4.72 Å². The molecule has 0 radical (unpaired) electrons. The predicted octanol–water partition coefficient (Wildman–Crippen LogP) is 3.14. The number of hydrogen-bond donors (Lipinski definition) is 1. The maximum absolute atomic E-state index is 12.8. The Balaban J connectivity index is 1.89. The molecular weight excluding hydrogens is 367 g/mol. The largest absolute Gasteiger partial charge is 0.454 e. The number of nitrogens with one attached hydrogen (secondary N) is 1. The molecule has 0 saturated carbocycles. The highest BCUT2D eigenvalue weighted by molar-refractivity contribution is 7.93. The Bertz CT molecular complexity index is 1030. The second-order valence-electron chi connectivity index (χ2n) is 4.63. The van der Waals surface area contributed by atoms with E-state index >= 15 is 0 Å². The van der Waals surface area contributed by atoms with Crippen LogP contribution in [0.3, 0.4) is 0 Å². The highest BCUT2D eigenvalue weighted by atomic mass is 32.2. The molecule has 0 aliphatic rings. The van der Waals surface area contributed by atoms with E-state index in [1.807, 2.05) is 6.07 Å². The quantitative estimate of drug-likeness (QED) is 0.686. The average Bonchev–Trinajstić information content (AvgIpc) is 3.09. The van der Waals surface area contributed by atoms with Gasteiger partial charge < -0.3 is 4.74 Å². The van der Waals surface area contributed by atoms with Gasteiger partial charge in [-0.2, -0.15) is 9.65 Å². The van der Waals surface area contributed by atoms with E-state index in [2.05, 4.69) is 14.7 Å². The van der Waals surface area contributed by atoms with Crippen LogP contribution in [0.25, 0.3) is 0 Å². The molecule has 10 heteroatoms. The number of sulfonamides is 1. The zero-order valence-corrected chi connectivity index (χ0v) is 14.0. The molecule has 0 saturated heterocycles. The Morgan fingerprint density at radius 3 is 2.72 bits per heavy atom. The van der Waals surface area contributed by atoms with Crippen molar-refractivity contribution in [1.29, 1.82) is 5.26 Å². The van der Waals surface area contributed by atoms with Gasteiger partial charge in [0.15, 0.2) is 5.13 Å². The van der Waals surface area contributed by atoms with Crippen molar-refractivity contribution in [2.75, 3.05) is 4.72 Å². The van der Waals surface area contributed by atoms with Gasteiger partial charge in [0.2, 0.25) is 5.95 Å². The summed E-state index contributed by atoms with van der Waals surface area (Å²) >= 11 is 1.13. The van der Waals surface area contributed by atoms with Crippen molar-refractivity contribution in [3.05, 3.63) is 59.6 Å². The number of thiazole rings is 1. The highest BCUT2D eigenvalue weighted by Crippen LogP contribution is 2.28. The molecule has 0 fully saturated rings. The van der Waals surface area contributed by atoms with E-state index in [0.29, 0.717) is 0 Å². The van der Waals surface area contributed by atoms with Crippen molar-refractivity contribution in [3.63, 3.8) is 0 Å². The van der Waals surface area contributed by atoms with Crippen LogP contribution in [-0.4, -0.2) is 18.4 Å². The van der Waals surface area contributed by atoms with Crippen LogP contribution in [0.2, 0.25) is 0 Å². The SMILES string of the molecule is N#Cc1cc(S(=O)(=O)Nc2nccs2)ccc1Oc1ccc(F)nc1. The van der Waals surface area contributed by atoms with Gasteiger partial charge in [-0.25, -0.2) is 18.4 Å². The molecule has 0 aliphatic carbocycles. The summed E-state index contributed by atoms with van der Waals surface area (Å²) in [4.78, 5) is 7.19. The number of rotatable bonds is 5. The van der Waals surface area contributed by atoms with Gasteiger partial charge in [-0.1, -0.05) is 0 Å². The van der Waals surface area contributed by atoms with E-state index in [-0.39, 0.29) is 27.1 Å². The number of nitriles is 1. The molecule has 1 aromatic carbocycles. The van der Waals surface area contributed by atoms with Crippen molar-refractivity contribution < 1.29 is 17.5 Å². The first kappa shape index (κ1) is 16.8. The highest BCUT2D eigenvalue weighted by Gasteiger charge is 2.18. The smallest absolute Gasteiger partial charge is 0.263 e. The number of pyridine rings is 1. The Hall–Kier alpha value is -3.03. The predicted molar refractivity (Wildman–Crippen MR) is 88.3 cm³/mol. The number of nitrogens with zero attached hydrogens (tertiary/aromatic N) is 3. The molecule has 0 unspecified atom stereocenters. The molecule has 0 bridgehead atoms. The summed E-state index contributed by atoms with van der Waals surface area (Å²) in [6, 6.07) is 8.15. The van der Waals surface area contributed by atoms with E-state index in [1.165, 1.54) is 30.5 Å². The Kier molecular flexibility index (Phi) is 4.60. The molecule has 2 aromatic heterocycles. The Labute approximate surface area is 146 Å². The molecule has 7 nitrogen and oxygen atoms in total. The second-order valence-corrected chi connectivity index (χ2v) is 7.21. The number of halogens is 1. The summed E-state index contributed by atoms with van der Waals surface area (Å²) in [6.45, 7) is 0. The van der Waals surface area contributed by atoms with Crippen LogP contribution in [0.1, 0.15) is 5.56 Å². The van der Waals surface area contributed by atoms with E-state index in [0.717, 1.165) is 23.6 Å². The van der Waals surface area contributed by atoms with Crippen molar-refractivity contribution in [1.82, 2.24) is 9.97 Å². The van der Waals surface area contributed by atoms with Crippen LogP contribution in [0.4, 0.5) is 9.52 Å². The number of ether oxygens (including phenoxy) is 1. The maximum atomic E-state index is 12.8. The molecule has 126 valence electrons. The van der Waals surface area contributed by atoms with Gasteiger partial charge >= 0.3 is 0 Å². The first-order chi connectivity index (χ1) is 12.0. The summed E-state index contributed by atoms with van der Waals surface area (Å²) < 4.78 is 45.2. The van der Waals surface area contributed by atoms with Crippen LogP contribution >= 0.6 is 11.3 Å².